The van der Waals surface area contributed by atoms with E-state index in [1.165, 1.54) is 76.9 Å². The summed E-state index contributed by atoms with van der Waals surface area (Å²) in [6.45, 7) is 4.62. The van der Waals surface area contributed by atoms with Crippen molar-refractivity contribution in [1.29, 1.82) is 0 Å². The maximum absolute atomic E-state index is 6.73. The van der Waals surface area contributed by atoms with Crippen molar-refractivity contribution in [2.24, 2.45) is 0 Å². The van der Waals surface area contributed by atoms with Crippen LogP contribution in [0, 0.1) is 13.8 Å². The SMILES string of the molecule is Cc1c(C)n2c3c(cccc13)B1c3ccc(-c4cc5ccccc5c5ccccc45)cc3Oc3cccc-2c31. The van der Waals surface area contributed by atoms with Gasteiger partial charge in [0.2, 0.25) is 0 Å². The van der Waals surface area contributed by atoms with Gasteiger partial charge >= 0.3 is 0 Å². The lowest BCUT2D eigenvalue weighted by Crippen LogP contribution is -2.58. The molecule has 0 amide bonds. The van der Waals surface area contributed by atoms with Crippen LogP contribution in [-0.4, -0.2) is 11.3 Å². The smallest absolute Gasteiger partial charge is 0.256 e. The first-order valence-electron chi connectivity index (χ1n) is 13.7. The standard InChI is InChI=1S/C36H24BNO/c1-21-22(2)38-32-15-8-16-33-35(32)37(31-14-7-13-25(21)36(31)38)30-18-17-24(20-34(30)39-33)29-19-23-9-3-4-10-26(23)27-11-5-6-12-28(27)29/h3-20H,1-2H3. The average Bonchev–Trinajstić information content (AvgIpc) is 3.24. The fourth-order valence-electron chi connectivity index (χ4n) is 7.20. The van der Waals surface area contributed by atoms with E-state index in [9.17, 15) is 0 Å². The van der Waals surface area contributed by atoms with Crippen LogP contribution < -0.4 is 21.1 Å². The zero-order chi connectivity index (χ0) is 25.8. The van der Waals surface area contributed by atoms with Crippen molar-refractivity contribution in [3.63, 3.8) is 0 Å². The Morgan fingerprint density at radius 1 is 0.615 bits per heavy atom. The number of rotatable bonds is 1. The lowest BCUT2D eigenvalue weighted by molar-refractivity contribution is 0.487. The van der Waals surface area contributed by atoms with Gasteiger partial charge in [-0.15, -0.1) is 0 Å². The maximum atomic E-state index is 6.73. The molecule has 6 aromatic carbocycles. The summed E-state index contributed by atoms with van der Waals surface area (Å²) in [5.74, 6) is 1.91. The number of ether oxygens (including phenoxy) is 1. The lowest BCUT2D eigenvalue weighted by Gasteiger charge is -2.33. The average molecular weight is 497 g/mol. The molecule has 2 aliphatic rings. The molecule has 3 heterocycles. The molecule has 0 saturated carbocycles. The summed E-state index contributed by atoms with van der Waals surface area (Å²) in [6, 6.07) is 39.9. The summed E-state index contributed by atoms with van der Waals surface area (Å²) >= 11 is 0. The van der Waals surface area contributed by atoms with E-state index < -0.39 is 0 Å². The minimum Gasteiger partial charge on any atom is -0.458 e. The molecule has 0 aliphatic carbocycles. The minimum absolute atomic E-state index is 0.146. The molecular formula is C36H24BNO. The highest BCUT2D eigenvalue weighted by molar-refractivity contribution is 6.99. The zero-order valence-electron chi connectivity index (χ0n) is 21.8. The number of aryl methyl sites for hydroxylation is 1. The van der Waals surface area contributed by atoms with Crippen molar-refractivity contribution in [3.8, 4) is 28.3 Å². The van der Waals surface area contributed by atoms with E-state index in [0.717, 1.165) is 11.5 Å². The van der Waals surface area contributed by atoms with Crippen LogP contribution in [0.25, 0.3) is 49.3 Å². The molecule has 1 aromatic heterocycles. The van der Waals surface area contributed by atoms with Gasteiger partial charge in [-0.3, -0.25) is 0 Å². The fraction of sp³-hybridized carbons (Fsp3) is 0.0556. The van der Waals surface area contributed by atoms with Gasteiger partial charge in [0.15, 0.2) is 0 Å². The number of nitrogens with zero attached hydrogens (tertiary/aromatic N) is 1. The Morgan fingerprint density at radius 3 is 2.28 bits per heavy atom. The molecule has 0 radical (unpaired) electrons. The number of benzene rings is 6. The fourth-order valence-corrected chi connectivity index (χ4v) is 7.20. The van der Waals surface area contributed by atoms with Crippen LogP contribution in [-0.2, 0) is 0 Å². The third-order valence-electron chi connectivity index (χ3n) is 9.08. The predicted molar refractivity (Wildman–Crippen MR) is 164 cm³/mol. The largest absolute Gasteiger partial charge is 0.458 e. The van der Waals surface area contributed by atoms with Crippen LogP contribution in [0.15, 0.2) is 109 Å². The maximum Gasteiger partial charge on any atom is 0.256 e. The van der Waals surface area contributed by atoms with Crippen molar-refractivity contribution < 1.29 is 4.74 Å². The topological polar surface area (TPSA) is 14.2 Å². The second-order valence-corrected chi connectivity index (χ2v) is 11.0. The van der Waals surface area contributed by atoms with Crippen molar-refractivity contribution in [2.75, 3.05) is 0 Å². The second kappa shape index (κ2) is 7.42. The van der Waals surface area contributed by atoms with E-state index in [0.29, 0.717) is 0 Å². The molecule has 0 saturated heterocycles. The summed E-state index contributed by atoms with van der Waals surface area (Å²) in [5, 5.41) is 6.43. The first-order chi connectivity index (χ1) is 19.2. The molecule has 2 nitrogen and oxygen atoms in total. The summed E-state index contributed by atoms with van der Waals surface area (Å²) < 4.78 is 9.17. The summed E-state index contributed by atoms with van der Waals surface area (Å²) in [5.41, 5.74) is 11.5. The van der Waals surface area contributed by atoms with Crippen LogP contribution in [0.2, 0.25) is 0 Å². The highest BCUT2D eigenvalue weighted by Gasteiger charge is 2.40. The molecule has 0 spiro atoms. The van der Waals surface area contributed by atoms with Gasteiger partial charge < -0.3 is 9.30 Å². The van der Waals surface area contributed by atoms with Crippen LogP contribution in [0.5, 0.6) is 11.5 Å². The molecule has 0 bridgehead atoms. The normalized spacial score (nSPS) is 13.0. The molecule has 3 heteroatoms. The molecule has 0 fully saturated rings. The van der Waals surface area contributed by atoms with Gasteiger partial charge in [-0.25, -0.2) is 0 Å². The second-order valence-electron chi connectivity index (χ2n) is 11.0. The number of fused-ring (bicyclic) bond motifs is 7. The van der Waals surface area contributed by atoms with E-state index in [4.69, 9.17) is 4.74 Å². The van der Waals surface area contributed by atoms with Gasteiger partial charge in [-0.1, -0.05) is 84.9 Å². The highest BCUT2D eigenvalue weighted by atomic mass is 16.5. The first kappa shape index (κ1) is 21.2. The van der Waals surface area contributed by atoms with Crippen LogP contribution in [0.1, 0.15) is 11.3 Å². The third-order valence-corrected chi connectivity index (χ3v) is 9.08. The molecule has 182 valence electrons. The Morgan fingerprint density at radius 2 is 1.38 bits per heavy atom. The van der Waals surface area contributed by atoms with Gasteiger partial charge in [-0.2, -0.15) is 0 Å². The van der Waals surface area contributed by atoms with Crippen molar-refractivity contribution >= 4 is 55.5 Å². The summed E-state index contributed by atoms with van der Waals surface area (Å²) in [7, 11) is 0. The van der Waals surface area contributed by atoms with Crippen molar-refractivity contribution in [1.82, 2.24) is 4.57 Å². The van der Waals surface area contributed by atoms with Crippen LogP contribution in [0.4, 0.5) is 0 Å². The van der Waals surface area contributed by atoms with Gasteiger partial charge in [-0.05, 0) is 92.7 Å². The van der Waals surface area contributed by atoms with E-state index in [2.05, 4.69) is 128 Å². The molecule has 7 aromatic rings. The summed E-state index contributed by atoms with van der Waals surface area (Å²) in [6.07, 6.45) is 0. The molecule has 39 heavy (non-hydrogen) atoms. The summed E-state index contributed by atoms with van der Waals surface area (Å²) in [4.78, 5) is 0. The molecule has 0 N–H and O–H groups in total. The van der Waals surface area contributed by atoms with Crippen LogP contribution in [0.3, 0.4) is 0 Å². The Hall–Kier alpha value is -4.76. The van der Waals surface area contributed by atoms with Crippen molar-refractivity contribution in [2.45, 2.75) is 13.8 Å². The minimum atomic E-state index is 0.146. The monoisotopic (exact) mass is 497 g/mol. The third kappa shape index (κ3) is 2.67. The molecule has 0 atom stereocenters. The van der Waals surface area contributed by atoms with E-state index in [-0.39, 0.29) is 6.71 Å². The van der Waals surface area contributed by atoms with Gasteiger partial charge in [0.25, 0.3) is 6.71 Å². The zero-order valence-corrected chi connectivity index (χ0v) is 21.8. The molecular weight excluding hydrogens is 473 g/mol. The highest BCUT2D eigenvalue weighted by Crippen LogP contribution is 2.39. The number of hydrogen-bond acceptors (Lipinski definition) is 1. The predicted octanol–water partition coefficient (Wildman–Crippen LogP) is 7.16. The Bertz CT molecular complexity index is 2190. The Kier molecular flexibility index (Phi) is 4.04. The van der Waals surface area contributed by atoms with Gasteiger partial charge in [0.05, 0.1) is 0 Å². The number of para-hydroxylation sites is 1. The molecule has 2 aliphatic heterocycles. The van der Waals surface area contributed by atoms with E-state index in [1.807, 2.05) is 0 Å². The van der Waals surface area contributed by atoms with E-state index >= 15 is 0 Å². The Labute approximate surface area is 227 Å². The Balaban J connectivity index is 1.31. The first-order valence-corrected chi connectivity index (χ1v) is 13.7. The molecule has 0 unspecified atom stereocenters. The van der Waals surface area contributed by atoms with Gasteiger partial charge in [0, 0.05) is 22.3 Å². The van der Waals surface area contributed by atoms with E-state index in [1.54, 1.807) is 0 Å². The molecule has 9 rings (SSSR count). The van der Waals surface area contributed by atoms with Crippen LogP contribution >= 0.6 is 0 Å². The number of hydrogen-bond donors (Lipinski definition) is 0. The van der Waals surface area contributed by atoms with Crippen molar-refractivity contribution in [3.05, 3.63) is 120 Å². The lowest BCUT2D eigenvalue weighted by atomic mass is 9.34. The quantitative estimate of drug-likeness (QED) is 0.174. The number of aromatic nitrogens is 1. The van der Waals surface area contributed by atoms with Gasteiger partial charge in [0.1, 0.15) is 11.5 Å².